The molecular formula is C16H22N4O2S. The van der Waals surface area contributed by atoms with E-state index in [1.165, 1.54) is 11.3 Å². The number of aryl methyl sites for hydroxylation is 2. The highest BCUT2D eigenvalue weighted by molar-refractivity contribution is 7.89. The number of hydrogen-bond donors (Lipinski definition) is 2. The molecule has 3 rings (SSSR count). The molecule has 1 unspecified atom stereocenters. The molecule has 1 aliphatic rings. The Kier molecular flexibility index (Phi) is 4.52. The Hall–Kier alpha value is -1.70. The van der Waals surface area contributed by atoms with Crippen LogP contribution in [0.25, 0.3) is 0 Å². The minimum Gasteiger partial charge on any atom is -0.310 e. The number of sulfonamides is 1. The van der Waals surface area contributed by atoms with Crippen LogP contribution < -0.4 is 10.5 Å². The molecule has 0 bridgehead atoms. The molecule has 0 radical (unpaired) electrons. The molecule has 124 valence electrons. The fourth-order valence-electron chi connectivity index (χ4n) is 3.19. The summed E-state index contributed by atoms with van der Waals surface area (Å²) in [6.45, 7) is 0.823. The molecular weight excluding hydrogens is 312 g/mol. The molecule has 1 aromatic carbocycles. The van der Waals surface area contributed by atoms with Crippen LogP contribution in [-0.2, 0) is 29.9 Å². The van der Waals surface area contributed by atoms with Crippen LogP contribution >= 0.6 is 0 Å². The zero-order valence-corrected chi connectivity index (χ0v) is 14.0. The highest BCUT2D eigenvalue weighted by Gasteiger charge is 2.22. The minimum atomic E-state index is -3.66. The zero-order chi connectivity index (χ0) is 16.4. The highest BCUT2D eigenvalue weighted by Crippen LogP contribution is 2.31. The van der Waals surface area contributed by atoms with Gasteiger partial charge in [-0.3, -0.25) is 4.68 Å². The molecule has 23 heavy (non-hydrogen) atoms. The van der Waals surface area contributed by atoms with Crippen LogP contribution in [0.4, 0.5) is 0 Å². The van der Waals surface area contributed by atoms with Gasteiger partial charge in [0, 0.05) is 37.9 Å². The minimum absolute atomic E-state index is 0.175. The van der Waals surface area contributed by atoms with E-state index in [0.717, 1.165) is 37.8 Å². The number of aromatic nitrogens is 2. The van der Waals surface area contributed by atoms with E-state index < -0.39 is 10.0 Å². The molecule has 0 saturated carbocycles. The van der Waals surface area contributed by atoms with E-state index in [-0.39, 0.29) is 10.9 Å². The number of primary sulfonamides is 1. The Labute approximate surface area is 136 Å². The van der Waals surface area contributed by atoms with Crippen LogP contribution in [0.15, 0.2) is 35.4 Å². The molecule has 1 aromatic heterocycles. The average molecular weight is 334 g/mol. The van der Waals surface area contributed by atoms with Crippen LogP contribution in [0.1, 0.15) is 35.7 Å². The molecule has 0 spiro atoms. The summed E-state index contributed by atoms with van der Waals surface area (Å²) in [5.41, 5.74) is 3.45. The highest BCUT2D eigenvalue weighted by atomic mass is 32.2. The lowest BCUT2D eigenvalue weighted by Gasteiger charge is -2.27. The molecule has 0 saturated heterocycles. The maximum atomic E-state index is 11.6. The van der Waals surface area contributed by atoms with Crippen molar-refractivity contribution < 1.29 is 8.42 Å². The van der Waals surface area contributed by atoms with Crippen molar-refractivity contribution in [2.45, 2.75) is 36.6 Å². The van der Waals surface area contributed by atoms with Gasteiger partial charge in [0.1, 0.15) is 0 Å². The van der Waals surface area contributed by atoms with E-state index in [1.54, 1.807) is 18.3 Å². The third kappa shape index (κ3) is 3.63. The first-order chi connectivity index (χ1) is 10.9. The normalized spacial score (nSPS) is 17.9. The van der Waals surface area contributed by atoms with Gasteiger partial charge in [0.15, 0.2) is 0 Å². The second-order valence-electron chi connectivity index (χ2n) is 6.00. The van der Waals surface area contributed by atoms with Gasteiger partial charge in [-0.05, 0) is 48.6 Å². The fraction of sp³-hybridized carbons (Fsp3) is 0.438. The van der Waals surface area contributed by atoms with E-state index in [4.69, 9.17) is 5.14 Å². The molecule has 0 amide bonds. The van der Waals surface area contributed by atoms with Gasteiger partial charge in [-0.1, -0.05) is 6.07 Å². The maximum Gasteiger partial charge on any atom is 0.238 e. The molecule has 0 fully saturated rings. The maximum absolute atomic E-state index is 11.6. The van der Waals surface area contributed by atoms with Crippen molar-refractivity contribution in [3.8, 4) is 0 Å². The first kappa shape index (κ1) is 16.2. The van der Waals surface area contributed by atoms with E-state index in [2.05, 4.69) is 10.4 Å². The van der Waals surface area contributed by atoms with Gasteiger partial charge in [-0.2, -0.15) is 5.10 Å². The molecule has 2 aromatic rings. The number of nitrogens with one attached hydrogen (secondary N) is 1. The van der Waals surface area contributed by atoms with Gasteiger partial charge in [-0.15, -0.1) is 0 Å². The Morgan fingerprint density at radius 1 is 1.39 bits per heavy atom. The lowest BCUT2D eigenvalue weighted by Crippen LogP contribution is -2.28. The third-order valence-electron chi connectivity index (χ3n) is 4.45. The largest absolute Gasteiger partial charge is 0.310 e. The topological polar surface area (TPSA) is 90.0 Å². The number of hydrogen-bond acceptors (Lipinski definition) is 4. The van der Waals surface area contributed by atoms with Crippen LogP contribution in [0.5, 0.6) is 0 Å². The second-order valence-corrected chi connectivity index (χ2v) is 7.56. The summed E-state index contributed by atoms with van der Waals surface area (Å²) in [5.74, 6) is 0. The Balaban J connectivity index is 1.74. The molecule has 1 atom stereocenters. The SMILES string of the molecule is Cn1nccc1CCNC1CCCc2ccc(S(N)(=O)=O)cc21. The van der Waals surface area contributed by atoms with Crippen molar-refractivity contribution >= 4 is 10.0 Å². The van der Waals surface area contributed by atoms with E-state index in [0.29, 0.717) is 0 Å². The van der Waals surface area contributed by atoms with E-state index >= 15 is 0 Å². The molecule has 0 aliphatic heterocycles. The quantitative estimate of drug-likeness (QED) is 0.862. The zero-order valence-electron chi connectivity index (χ0n) is 13.2. The van der Waals surface area contributed by atoms with Crippen molar-refractivity contribution in [3.05, 3.63) is 47.3 Å². The van der Waals surface area contributed by atoms with Crippen molar-refractivity contribution in [2.75, 3.05) is 6.54 Å². The molecule has 7 heteroatoms. The summed E-state index contributed by atoms with van der Waals surface area (Å²) in [6.07, 6.45) is 5.78. The second kappa shape index (κ2) is 6.43. The predicted molar refractivity (Wildman–Crippen MR) is 88.4 cm³/mol. The number of rotatable bonds is 5. The van der Waals surface area contributed by atoms with Crippen LogP contribution in [0.3, 0.4) is 0 Å². The lowest BCUT2D eigenvalue weighted by atomic mass is 9.87. The van der Waals surface area contributed by atoms with Gasteiger partial charge in [-0.25, -0.2) is 13.6 Å². The smallest absolute Gasteiger partial charge is 0.238 e. The van der Waals surface area contributed by atoms with Crippen LogP contribution in [0.2, 0.25) is 0 Å². The first-order valence-corrected chi connectivity index (χ1v) is 9.35. The summed E-state index contributed by atoms with van der Waals surface area (Å²) in [5, 5.41) is 13.0. The standard InChI is InChI=1S/C16H22N4O2S/c1-20-13(8-10-19-20)7-9-18-16-4-2-3-12-5-6-14(11-15(12)16)23(17,21)22/h5-6,8,10-11,16,18H,2-4,7,9H2,1H3,(H2,17,21,22). The summed E-state index contributed by atoms with van der Waals surface area (Å²) in [7, 11) is -1.73. The van der Waals surface area contributed by atoms with Gasteiger partial charge in [0.2, 0.25) is 10.0 Å². The Morgan fingerprint density at radius 2 is 2.22 bits per heavy atom. The summed E-state index contributed by atoms with van der Waals surface area (Å²) in [6, 6.07) is 7.41. The van der Waals surface area contributed by atoms with Gasteiger partial charge < -0.3 is 5.32 Å². The van der Waals surface area contributed by atoms with Gasteiger partial charge >= 0.3 is 0 Å². The molecule has 1 heterocycles. The molecule has 3 N–H and O–H groups in total. The van der Waals surface area contributed by atoms with Gasteiger partial charge in [0.25, 0.3) is 0 Å². The van der Waals surface area contributed by atoms with Crippen molar-refractivity contribution in [2.24, 2.45) is 12.2 Å². The van der Waals surface area contributed by atoms with Crippen molar-refractivity contribution in [1.29, 1.82) is 0 Å². The predicted octanol–water partition coefficient (Wildman–Crippen LogP) is 1.28. The lowest BCUT2D eigenvalue weighted by molar-refractivity contribution is 0.458. The van der Waals surface area contributed by atoms with Crippen molar-refractivity contribution in [3.63, 3.8) is 0 Å². The van der Waals surface area contributed by atoms with Crippen LogP contribution in [0, 0.1) is 0 Å². The third-order valence-corrected chi connectivity index (χ3v) is 5.37. The van der Waals surface area contributed by atoms with Crippen molar-refractivity contribution in [1.82, 2.24) is 15.1 Å². The Morgan fingerprint density at radius 3 is 2.91 bits per heavy atom. The molecule has 1 aliphatic carbocycles. The number of nitrogens with zero attached hydrogens (tertiary/aromatic N) is 2. The Bertz CT molecular complexity index is 798. The summed E-state index contributed by atoms with van der Waals surface area (Å²) in [4.78, 5) is 0.191. The van der Waals surface area contributed by atoms with Gasteiger partial charge in [0.05, 0.1) is 4.90 Å². The summed E-state index contributed by atoms with van der Waals surface area (Å²) >= 11 is 0. The first-order valence-electron chi connectivity index (χ1n) is 7.81. The number of fused-ring (bicyclic) bond motifs is 1. The van der Waals surface area contributed by atoms with Crippen LogP contribution in [-0.4, -0.2) is 24.7 Å². The molecule has 6 nitrogen and oxygen atoms in total. The van der Waals surface area contributed by atoms with E-state index in [9.17, 15) is 8.42 Å². The fourth-order valence-corrected chi connectivity index (χ4v) is 3.74. The number of benzene rings is 1. The monoisotopic (exact) mass is 334 g/mol. The van der Waals surface area contributed by atoms with E-state index in [1.807, 2.05) is 23.9 Å². The number of nitrogens with two attached hydrogens (primary N) is 1. The average Bonchev–Trinajstić information content (AvgIpc) is 2.91. The summed E-state index contributed by atoms with van der Waals surface area (Å²) < 4.78 is 25.0.